The summed E-state index contributed by atoms with van der Waals surface area (Å²) in [6.07, 6.45) is 22.1. The van der Waals surface area contributed by atoms with Crippen molar-refractivity contribution in [2.75, 3.05) is 0 Å². The van der Waals surface area contributed by atoms with Gasteiger partial charge in [0, 0.05) is 18.3 Å². The number of aliphatic hydroxyl groups excluding tert-OH is 1. The number of allylic oxidation sites excluding steroid dienone is 8. The van der Waals surface area contributed by atoms with Crippen molar-refractivity contribution in [2.45, 2.75) is 51.6 Å². The second-order valence-electron chi connectivity index (χ2n) is 6.36. The molecule has 0 spiro atoms. The molecule has 0 aromatic rings. The van der Waals surface area contributed by atoms with Crippen LogP contribution in [0.4, 0.5) is 0 Å². The fourth-order valence-electron chi connectivity index (χ4n) is 2.70. The lowest BCUT2D eigenvalue weighted by Gasteiger charge is -2.13. The average Bonchev–Trinajstić information content (AvgIpc) is 2.95. The lowest BCUT2D eigenvalue weighted by atomic mass is 9.90. The summed E-state index contributed by atoms with van der Waals surface area (Å²) in [6, 6.07) is 0. The van der Waals surface area contributed by atoms with Crippen molar-refractivity contribution in [3.05, 3.63) is 60.8 Å². The van der Waals surface area contributed by atoms with Crippen LogP contribution < -0.4 is 0 Å². The van der Waals surface area contributed by atoms with Gasteiger partial charge in [0.25, 0.3) is 0 Å². The quantitative estimate of drug-likeness (QED) is 0.507. The third-order valence-electron chi connectivity index (χ3n) is 4.17. The molecule has 0 unspecified atom stereocenters. The van der Waals surface area contributed by atoms with Crippen LogP contribution in [0.25, 0.3) is 0 Å². The Bertz CT molecular complexity index is 581. The van der Waals surface area contributed by atoms with Gasteiger partial charge in [0.05, 0.1) is 6.10 Å². The summed E-state index contributed by atoms with van der Waals surface area (Å²) in [7, 11) is 0. The largest absolute Gasteiger partial charge is 0.481 e. The Morgan fingerprint density at radius 3 is 2.69 bits per heavy atom. The molecule has 0 aromatic carbocycles. The SMILES string of the molecule is CC/C=C\C/C=C\C[C@H](O)/C=C/[C@@H]1C=CC(=O)[C@H]1C/C=C\CCC(=O)O. The highest BCUT2D eigenvalue weighted by molar-refractivity contribution is 5.95. The molecule has 0 radical (unpaired) electrons. The van der Waals surface area contributed by atoms with Gasteiger partial charge in [0.2, 0.25) is 0 Å². The summed E-state index contributed by atoms with van der Waals surface area (Å²) in [5.74, 6) is -0.912. The zero-order valence-corrected chi connectivity index (χ0v) is 15.5. The lowest BCUT2D eigenvalue weighted by molar-refractivity contribution is -0.136. The fraction of sp³-hybridized carbons (Fsp3) is 0.455. The van der Waals surface area contributed by atoms with Gasteiger partial charge in [-0.15, -0.1) is 0 Å². The molecular weight excluding hydrogens is 328 g/mol. The molecule has 0 bridgehead atoms. The number of carboxylic acid groups (broad SMARTS) is 1. The van der Waals surface area contributed by atoms with Gasteiger partial charge in [-0.05, 0) is 38.2 Å². The smallest absolute Gasteiger partial charge is 0.303 e. The third kappa shape index (κ3) is 9.33. The van der Waals surface area contributed by atoms with E-state index in [1.165, 1.54) is 0 Å². The molecule has 3 atom stereocenters. The number of rotatable bonds is 12. The number of carbonyl (C=O) groups excluding carboxylic acids is 1. The van der Waals surface area contributed by atoms with E-state index < -0.39 is 12.1 Å². The number of hydrogen-bond acceptors (Lipinski definition) is 3. The average molecular weight is 358 g/mol. The molecule has 0 heterocycles. The van der Waals surface area contributed by atoms with Gasteiger partial charge in [0.15, 0.2) is 5.78 Å². The first-order valence-electron chi connectivity index (χ1n) is 9.29. The molecule has 26 heavy (non-hydrogen) atoms. The maximum Gasteiger partial charge on any atom is 0.303 e. The normalized spacial score (nSPS) is 21.8. The van der Waals surface area contributed by atoms with Crippen LogP contribution in [0.5, 0.6) is 0 Å². The second-order valence-corrected chi connectivity index (χ2v) is 6.36. The molecule has 0 saturated carbocycles. The van der Waals surface area contributed by atoms with E-state index in [1.54, 1.807) is 12.2 Å². The first kappa shape index (κ1) is 21.8. The summed E-state index contributed by atoms with van der Waals surface area (Å²) in [5, 5.41) is 18.6. The zero-order chi connectivity index (χ0) is 19.2. The molecule has 0 saturated heterocycles. The van der Waals surface area contributed by atoms with Gasteiger partial charge in [-0.1, -0.05) is 61.6 Å². The maximum absolute atomic E-state index is 12.0. The van der Waals surface area contributed by atoms with E-state index in [-0.39, 0.29) is 24.0 Å². The minimum Gasteiger partial charge on any atom is -0.481 e. The topological polar surface area (TPSA) is 74.6 Å². The first-order valence-corrected chi connectivity index (χ1v) is 9.29. The fourth-order valence-corrected chi connectivity index (χ4v) is 2.70. The van der Waals surface area contributed by atoms with Crippen molar-refractivity contribution >= 4 is 11.8 Å². The van der Waals surface area contributed by atoms with Gasteiger partial charge < -0.3 is 10.2 Å². The molecule has 4 heteroatoms. The van der Waals surface area contributed by atoms with Crippen LogP contribution in [0, 0.1) is 11.8 Å². The van der Waals surface area contributed by atoms with Crippen molar-refractivity contribution in [1.29, 1.82) is 0 Å². The Balaban J connectivity index is 2.41. The van der Waals surface area contributed by atoms with Gasteiger partial charge in [0.1, 0.15) is 0 Å². The van der Waals surface area contributed by atoms with Crippen LogP contribution in [0.1, 0.15) is 45.4 Å². The lowest BCUT2D eigenvalue weighted by Crippen LogP contribution is -2.14. The molecule has 1 rings (SSSR count). The highest BCUT2D eigenvalue weighted by Crippen LogP contribution is 2.27. The monoisotopic (exact) mass is 358 g/mol. The summed E-state index contributed by atoms with van der Waals surface area (Å²) in [4.78, 5) is 22.4. The Morgan fingerprint density at radius 1 is 1.19 bits per heavy atom. The predicted molar refractivity (Wildman–Crippen MR) is 105 cm³/mol. The molecule has 142 valence electrons. The Morgan fingerprint density at radius 2 is 1.96 bits per heavy atom. The highest BCUT2D eigenvalue weighted by atomic mass is 16.4. The Labute approximate surface area is 156 Å². The predicted octanol–water partition coefficient (Wildman–Crippen LogP) is 4.39. The molecule has 0 aliphatic heterocycles. The van der Waals surface area contributed by atoms with E-state index in [0.717, 1.165) is 12.8 Å². The number of aliphatic carboxylic acids is 1. The minimum atomic E-state index is -0.821. The maximum atomic E-state index is 12.0. The van der Waals surface area contributed by atoms with Crippen molar-refractivity contribution in [2.24, 2.45) is 11.8 Å². The number of ketones is 1. The number of carboxylic acids is 1. The first-order chi connectivity index (χ1) is 12.5. The van der Waals surface area contributed by atoms with Gasteiger partial charge in [-0.25, -0.2) is 0 Å². The van der Waals surface area contributed by atoms with Crippen molar-refractivity contribution in [3.63, 3.8) is 0 Å². The molecule has 1 aliphatic carbocycles. The zero-order valence-electron chi connectivity index (χ0n) is 15.5. The summed E-state index contributed by atoms with van der Waals surface area (Å²) >= 11 is 0. The Hall–Kier alpha value is -2.20. The summed E-state index contributed by atoms with van der Waals surface area (Å²) < 4.78 is 0. The van der Waals surface area contributed by atoms with E-state index in [2.05, 4.69) is 19.1 Å². The van der Waals surface area contributed by atoms with E-state index in [4.69, 9.17) is 5.11 Å². The molecular formula is C22H30O4. The van der Waals surface area contributed by atoms with E-state index in [1.807, 2.05) is 36.5 Å². The molecule has 0 fully saturated rings. The molecule has 0 amide bonds. The molecule has 0 aromatic heterocycles. The van der Waals surface area contributed by atoms with Crippen LogP contribution in [-0.4, -0.2) is 28.1 Å². The summed E-state index contributed by atoms with van der Waals surface area (Å²) in [5.41, 5.74) is 0. The molecule has 2 N–H and O–H groups in total. The number of hydrogen-bond donors (Lipinski definition) is 2. The van der Waals surface area contributed by atoms with Crippen molar-refractivity contribution < 1.29 is 19.8 Å². The van der Waals surface area contributed by atoms with E-state index >= 15 is 0 Å². The number of carbonyl (C=O) groups is 2. The van der Waals surface area contributed by atoms with Crippen LogP contribution in [-0.2, 0) is 9.59 Å². The highest BCUT2D eigenvalue weighted by Gasteiger charge is 2.27. The minimum absolute atomic E-state index is 0.0160. The Kier molecular flexibility index (Phi) is 11.0. The van der Waals surface area contributed by atoms with Gasteiger partial charge in [-0.2, -0.15) is 0 Å². The van der Waals surface area contributed by atoms with Gasteiger partial charge >= 0.3 is 5.97 Å². The van der Waals surface area contributed by atoms with Crippen LogP contribution in [0.2, 0.25) is 0 Å². The van der Waals surface area contributed by atoms with Crippen molar-refractivity contribution in [1.82, 2.24) is 0 Å². The molecule has 1 aliphatic rings. The standard InChI is InChI=1S/C22H30O4/c1-2-3-4-5-6-8-11-19(23)16-14-18-15-17-21(24)20(18)12-9-7-10-13-22(25)26/h3-4,6-9,14-20,23H,2,5,10-13H2,1H3,(H,25,26)/b4-3-,8-6-,9-7-,16-14+/t18-,19+,20+/m1/s1. The summed E-state index contributed by atoms with van der Waals surface area (Å²) in [6.45, 7) is 2.09. The van der Waals surface area contributed by atoms with E-state index in [0.29, 0.717) is 19.3 Å². The van der Waals surface area contributed by atoms with Crippen molar-refractivity contribution in [3.8, 4) is 0 Å². The number of aliphatic hydroxyl groups is 1. The second kappa shape index (κ2) is 13.1. The third-order valence-corrected chi connectivity index (χ3v) is 4.17. The molecule has 4 nitrogen and oxygen atoms in total. The van der Waals surface area contributed by atoms with Crippen LogP contribution in [0.15, 0.2) is 60.8 Å². The van der Waals surface area contributed by atoms with Crippen LogP contribution >= 0.6 is 0 Å². The van der Waals surface area contributed by atoms with Gasteiger partial charge in [-0.3, -0.25) is 9.59 Å². The van der Waals surface area contributed by atoms with Crippen LogP contribution in [0.3, 0.4) is 0 Å². The van der Waals surface area contributed by atoms with E-state index in [9.17, 15) is 14.7 Å².